The molecule has 2 rings (SSSR count). The summed E-state index contributed by atoms with van der Waals surface area (Å²) in [5.41, 5.74) is 0.938. The third-order valence-corrected chi connectivity index (χ3v) is 2.20. The Morgan fingerprint density at radius 3 is 1.47 bits per heavy atom. The molecule has 0 aliphatic carbocycles. The molecule has 0 N–H and O–H groups in total. The van der Waals surface area contributed by atoms with Gasteiger partial charge >= 0.3 is 0 Å². The highest BCUT2D eigenvalue weighted by Crippen LogP contribution is 2.05. The predicted molar refractivity (Wildman–Crippen MR) is 75.2 cm³/mol. The molecule has 0 saturated heterocycles. The molecule has 0 fully saturated rings. The van der Waals surface area contributed by atoms with Gasteiger partial charge in [0.25, 0.3) is 0 Å². The Hall–Kier alpha value is -2.03. The minimum atomic E-state index is 0.938. The molecule has 0 heterocycles. The van der Waals surface area contributed by atoms with Crippen LogP contribution < -0.4 is 0 Å². The second-order valence-corrected chi connectivity index (χ2v) is 3.72. The molecule has 1 nitrogen and oxygen atoms in total. The van der Waals surface area contributed by atoms with E-state index in [2.05, 4.69) is 28.4 Å². The summed E-state index contributed by atoms with van der Waals surface area (Å²) in [5.74, 6) is 2.53. The molecule has 0 aliphatic rings. The first-order chi connectivity index (χ1) is 8.33. The molecule has 17 heavy (non-hydrogen) atoms. The van der Waals surface area contributed by atoms with E-state index in [1.165, 1.54) is 0 Å². The molecule has 0 aliphatic heterocycles. The summed E-state index contributed by atoms with van der Waals surface area (Å²) < 4.78 is 1.13. The van der Waals surface area contributed by atoms with Crippen LogP contribution in [0.4, 0.5) is 0 Å². The van der Waals surface area contributed by atoms with Gasteiger partial charge < -0.3 is 0 Å². The molecule has 0 radical (unpaired) electrons. The molecule has 0 aromatic heterocycles. The third kappa shape index (κ3) is 7.85. The van der Waals surface area contributed by atoms with E-state index in [0.717, 1.165) is 10.0 Å². The summed E-state index contributed by atoms with van der Waals surface area (Å²) in [6.45, 7) is 3.50. The second kappa shape index (κ2) is 10.5. The number of hydrogen-bond donors (Lipinski definition) is 0. The quantitative estimate of drug-likeness (QED) is 0.664. The van der Waals surface area contributed by atoms with E-state index in [-0.39, 0.29) is 0 Å². The van der Waals surface area contributed by atoms with Crippen molar-refractivity contribution in [1.82, 2.24) is 0 Å². The number of nitrogens with zero attached hydrogens (tertiary/aromatic N) is 1. The van der Waals surface area contributed by atoms with Gasteiger partial charge in [-0.25, -0.2) is 5.26 Å². The first-order valence-corrected chi connectivity index (χ1v) is 5.60. The highest BCUT2D eigenvalue weighted by Gasteiger charge is 1.76. The zero-order valence-electron chi connectivity index (χ0n) is 9.25. The minimum absolute atomic E-state index is 0.938. The van der Waals surface area contributed by atoms with Gasteiger partial charge in [-0.2, -0.15) is 0 Å². The predicted octanol–water partition coefficient (Wildman–Crippen LogP) is 4.26. The van der Waals surface area contributed by atoms with Crippen LogP contribution in [0, 0.1) is 24.2 Å². The summed E-state index contributed by atoms with van der Waals surface area (Å²) in [4.78, 5) is 0. The fourth-order valence-electron chi connectivity index (χ4n) is 0.949. The summed E-state index contributed by atoms with van der Waals surface area (Å²) in [5, 5.41) is 6.50. The van der Waals surface area contributed by atoms with E-state index in [0.29, 0.717) is 0 Å². The number of benzene rings is 2. The minimum Gasteiger partial charge on any atom is -0.202 e. The highest BCUT2D eigenvalue weighted by molar-refractivity contribution is 9.10. The average molecular weight is 286 g/mol. The van der Waals surface area contributed by atoms with E-state index >= 15 is 0 Å². The van der Waals surface area contributed by atoms with Gasteiger partial charge in [-0.1, -0.05) is 58.2 Å². The molecule has 2 aromatic rings. The van der Waals surface area contributed by atoms with Crippen molar-refractivity contribution in [3.8, 4) is 18.9 Å². The summed E-state index contributed by atoms with van der Waals surface area (Å²) >= 11 is 3.31. The van der Waals surface area contributed by atoms with Crippen LogP contribution in [0.25, 0.3) is 0 Å². The fourth-order valence-corrected chi connectivity index (χ4v) is 1.25. The molecule has 84 valence electrons. The van der Waals surface area contributed by atoms with Crippen molar-refractivity contribution in [3.63, 3.8) is 0 Å². The topological polar surface area (TPSA) is 23.8 Å². The number of rotatable bonds is 0. The maximum absolute atomic E-state index is 6.50. The summed E-state index contributed by atoms with van der Waals surface area (Å²) in [7, 11) is 0. The molecule has 2 heteroatoms. The van der Waals surface area contributed by atoms with Crippen LogP contribution in [0.3, 0.4) is 0 Å². The fraction of sp³-hybridized carbons (Fsp3) is 0. The molecule has 0 amide bonds. The number of terminal acetylenes is 1. The maximum atomic E-state index is 6.50. The van der Waals surface area contributed by atoms with Crippen molar-refractivity contribution in [3.05, 3.63) is 70.7 Å². The van der Waals surface area contributed by atoms with Crippen LogP contribution in [0.2, 0.25) is 0 Å². The van der Waals surface area contributed by atoms with Crippen LogP contribution in [0.15, 0.2) is 65.1 Å². The summed E-state index contributed by atoms with van der Waals surface area (Å²) in [6.07, 6.45) is 5.10. The third-order valence-electron chi connectivity index (χ3n) is 1.67. The van der Waals surface area contributed by atoms with Gasteiger partial charge in [0, 0.05) is 16.6 Å². The zero-order chi connectivity index (χ0) is 12.9. The Kier molecular flexibility index (Phi) is 9.23. The lowest BCUT2D eigenvalue weighted by Gasteiger charge is -1.82. The van der Waals surface area contributed by atoms with Crippen molar-refractivity contribution < 1.29 is 0 Å². The average Bonchev–Trinajstić information content (AvgIpc) is 2.43. The normalized spacial score (nSPS) is 7.41. The second-order valence-electron chi connectivity index (χ2n) is 2.81. The first-order valence-electron chi connectivity index (χ1n) is 4.81. The van der Waals surface area contributed by atoms with Gasteiger partial charge in [0.1, 0.15) is 0 Å². The molecule has 2 aromatic carbocycles. The van der Waals surface area contributed by atoms with Gasteiger partial charge in [0.2, 0.25) is 0 Å². The van der Waals surface area contributed by atoms with E-state index in [4.69, 9.17) is 11.7 Å². The van der Waals surface area contributed by atoms with Crippen molar-refractivity contribution >= 4 is 15.9 Å². The van der Waals surface area contributed by atoms with Crippen LogP contribution in [-0.4, -0.2) is 0 Å². The van der Waals surface area contributed by atoms with E-state index in [1.807, 2.05) is 60.7 Å². The van der Waals surface area contributed by atoms with Crippen molar-refractivity contribution in [2.24, 2.45) is 0 Å². The smallest absolute Gasteiger partial charge is 0.0462 e. The van der Waals surface area contributed by atoms with Crippen molar-refractivity contribution in [2.45, 2.75) is 0 Å². The molecule has 0 unspecified atom stereocenters. The Labute approximate surface area is 111 Å². The Morgan fingerprint density at radius 1 is 0.824 bits per heavy atom. The van der Waals surface area contributed by atoms with Crippen LogP contribution in [0.5, 0.6) is 0 Å². The van der Waals surface area contributed by atoms with Gasteiger partial charge in [-0.05, 0) is 24.3 Å². The molecular weight excluding hydrogens is 274 g/mol. The monoisotopic (exact) mass is 285 g/mol. The van der Waals surface area contributed by atoms with E-state index in [1.54, 1.807) is 0 Å². The molecule has 0 saturated carbocycles. The van der Waals surface area contributed by atoms with E-state index < -0.39 is 0 Å². The largest absolute Gasteiger partial charge is 0.202 e. The summed E-state index contributed by atoms with van der Waals surface area (Å²) in [6, 6.07) is 19.6. The van der Waals surface area contributed by atoms with Crippen molar-refractivity contribution in [1.29, 1.82) is 5.26 Å². The molecule has 0 atom stereocenters. The Balaban J connectivity index is 0.000000265. The molecule has 0 bridgehead atoms. The first kappa shape index (κ1) is 15.0. The Morgan fingerprint density at radius 2 is 1.24 bits per heavy atom. The zero-order valence-corrected chi connectivity index (χ0v) is 10.8. The Bertz CT molecular complexity index is 455. The lowest BCUT2D eigenvalue weighted by Crippen LogP contribution is -1.66. The van der Waals surface area contributed by atoms with Gasteiger partial charge in [-0.15, -0.1) is 6.42 Å². The van der Waals surface area contributed by atoms with Crippen molar-refractivity contribution in [2.75, 3.05) is 0 Å². The number of nitriles is 1. The lowest BCUT2D eigenvalue weighted by atomic mass is 10.2. The van der Waals surface area contributed by atoms with Gasteiger partial charge in [-0.3, -0.25) is 0 Å². The highest BCUT2D eigenvalue weighted by atomic mass is 79.9. The SMILES string of the molecule is Brc1ccccc1.C#Cc1ccccc1.C#N. The molecule has 0 spiro atoms. The van der Waals surface area contributed by atoms with Gasteiger partial charge in [0.05, 0.1) is 0 Å². The van der Waals surface area contributed by atoms with Crippen LogP contribution in [-0.2, 0) is 0 Å². The lowest BCUT2D eigenvalue weighted by molar-refractivity contribution is 1.58. The number of halogens is 1. The maximum Gasteiger partial charge on any atom is 0.0462 e. The number of hydrogen-bond acceptors (Lipinski definition) is 1. The van der Waals surface area contributed by atoms with Crippen LogP contribution in [0.1, 0.15) is 5.56 Å². The van der Waals surface area contributed by atoms with Gasteiger partial charge in [0.15, 0.2) is 0 Å². The van der Waals surface area contributed by atoms with E-state index in [9.17, 15) is 0 Å². The molecular formula is C15H12BrN. The van der Waals surface area contributed by atoms with Crippen LogP contribution >= 0.6 is 15.9 Å². The standard InChI is InChI=1S/C8H6.C6H5Br.CHN/c1-2-8-6-4-3-5-7-8;7-6-4-2-1-3-5-6;1-2/h1,3-7H;1-5H;1H.